The van der Waals surface area contributed by atoms with Crippen molar-refractivity contribution in [1.29, 1.82) is 0 Å². The molecule has 0 atom stereocenters. The van der Waals surface area contributed by atoms with Crippen LogP contribution >= 0.6 is 0 Å². The highest BCUT2D eigenvalue weighted by molar-refractivity contribution is 5.76. The maximum atomic E-state index is 5.82. The van der Waals surface area contributed by atoms with Gasteiger partial charge in [-0.2, -0.15) is 5.10 Å². The van der Waals surface area contributed by atoms with Gasteiger partial charge in [-0.3, -0.25) is 9.88 Å². The Morgan fingerprint density at radius 3 is 2.79 bits per heavy atom. The van der Waals surface area contributed by atoms with Crippen molar-refractivity contribution >= 4 is 5.65 Å². The van der Waals surface area contributed by atoms with Crippen LogP contribution in [0, 0.1) is 0 Å². The minimum atomic E-state index is 0.631. The predicted octanol–water partition coefficient (Wildman–Crippen LogP) is 1.50. The van der Waals surface area contributed by atoms with E-state index in [1.54, 1.807) is 23.1 Å². The second kappa shape index (κ2) is 6.94. The molecule has 0 radical (unpaired) electrons. The molecule has 3 aromatic rings. The van der Waals surface area contributed by atoms with Gasteiger partial charge in [-0.1, -0.05) is 0 Å². The van der Waals surface area contributed by atoms with Crippen molar-refractivity contribution in [3.05, 3.63) is 43.1 Å². The molecular formula is C17H19N5O2. The molecule has 0 aliphatic carbocycles. The first-order valence-corrected chi connectivity index (χ1v) is 8.07. The highest BCUT2D eigenvalue weighted by atomic mass is 16.5. The molecule has 24 heavy (non-hydrogen) atoms. The number of hydrogen-bond acceptors (Lipinski definition) is 6. The molecule has 0 saturated carbocycles. The normalized spacial score (nSPS) is 15.7. The zero-order chi connectivity index (χ0) is 16.2. The molecule has 7 nitrogen and oxygen atoms in total. The van der Waals surface area contributed by atoms with Gasteiger partial charge in [0.25, 0.3) is 0 Å². The summed E-state index contributed by atoms with van der Waals surface area (Å²) in [7, 11) is 0. The lowest BCUT2D eigenvalue weighted by Gasteiger charge is -2.26. The number of ether oxygens (including phenoxy) is 2. The Kier molecular flexibility index (Phi) is 4.35. The van der Waals surface area contributed by atoms with Crippen LogP contribution < -0.4 is 4.74 Å². The fourth-order valence-corrected chi connectivity index (χ4v) is 2.78. The molecule has 3 aromatic heterocycles. The molecule has 0 amide bonds. The predicted molar refractivity (Wildman–Crippen MR) is 89.0 cm³/mol. The van der Waals surface area contributed by atoms with E-state index in [0.29, 0.717) is 6.61 Å². The number of aromatic nitrogens is 4. The number of fused-ring (bicyclic) bond motifs is 1. The minimum absolute atomic E-state index is 0.631. The lowest BCUT2D eigenvalue weighted by Crippen LogP contribution is -2.38. The topological polar surface area (TPSA) is 64.8 Å². The lowest BCUT2D eigenvalue weighted by molar-refractivity contribution is 0.0322. The summed E-state index contributed by atoms with van der Waals surface area (Å²) >= 11 is 0. The van der Waals surface area contributed by atoms with E-state index in [0.717, 1.165) is 55.4 Å². The minimum Gasteiger partial charge on any atom is -0.489 e. The summed E-state index contributed by atoms with van der Waals surface area (Å²) in [5.41, 5.74) is 2.84. The van der Waals surface area contributed by atoms with Gasteiger partial charge in [0.05, 0.1) is 31.8 Å². The Morgan fingerprint density at radius 1 is 1.12 bits per heavy atom. The summed E-state index contributed by atoms with van der Waals surface area (Å²) < 4.78 is 12.9. The first-order chi connectivity index (χ1) is 11.9. The van der Waals surface area contributed by atoms with Gasteiger partial charge in [0.15, 0.2) is 11.4 Å². The highest BCUT2D eigenvalue weighted by Gasteiger charge is 2.11. The Bertz CT molecular complexity index is 799. The Balaban J connectivity index is 1.44. The summed E-state index contributed by atoms with van der Waals surface area (Å²) in [6.45, 7) is 5.07. The zero-order valence-corrected chi connectivity index (χ0v) is 13.3. The van der Waals surface area contributed by atoms with E-state index >= 15 is 0 Å². The molecule has 0 unspecified atom stereocenters. The Hall–Kier alpha value is -2.51. The van der Waals surface area contributed by atoms with Crippen molar-refractivity contribution in [3.8, 4) is 16.9 Å². The van der Waals surface area contributed by atoms with Crippen LogP contribution in [0.1, 0.15) is 0 Å². The number of morpholine rings is 1. The number of hydrogen-bond donors (Lipinski definition) is 0. The molecule has 4 heterocycles. The van der Waals surface area contributed by atoms with Gasteiger partial charge in [0.1, 0.15) is 6.61 Å². The fraction of sp³-hybridized carbons (Fsp3) is 0.353. The molecule has 1 fully saturated rings. The van der Waals surface area contributed by atoms with E-state index in [2.05, 4.69) is 20.0 Å². The van der Waals surface area contributed by atoms with Gasteiger partial charge in [0, 0.05) is 37.6 Å². The van der Waals surface area contributed by atoms with Crippen LogP contribution in [-0.2, 0) is 4.74 Å². The number of nitrogens with zero attached hydrogens (tertiary/aromatic N) is 5. The number of rotatable bonds is 5. The smallest absolute Gasteiger partial charge is 0.163 e. The molecule has 1 saturated heterocycles. The molecule has 0 spiro atoms. The third kappa shape index (κ3) is 3.22. The van der Waals surface area contributed by atoms with Crippen molar-refractivity contribution in [1.82, 2.24) is 24.5 Å². The van der Waals surface area contributed by atoms with E-state index in [9.17, 15) is 0 Å². The van der Waals surface area contributed by atoms with Crippen molar-refractivity contribution in [2.24, 2.45) is 0 Å². The van der Waals surface area contributed by atoms with Gasteiger partial charge in [0.2, 0.25) is 0 Å². The van der Waals surface area contributed by atoms with Crippen LogP contribution in [0.15, 0.2) is 43.1 Å². The van der Waals surface area contributed by atoms with Crippen molar-refractivity contribution in [2.45, 2.75) is 0 Å². The molecule has 0 bridgehead atoms. The van der Waals surface area contributed by atoms with Gasteiger partial charge in [-0.25, -0.2) is 9.50 Å². The average molecular weight is 325 g/mol. The molecule has 7 heteroatoms. The van der Waals surface area contributed by atoms with Crippen LogP contribution in [0.25, 0.3) is 16.8 Å². The van der Waals surface area contributed by atoms with Gasteiger partial charge in [-0.05, 0) is 17.7 Å². The summed E-state index contributed by atoms with van der Waals surface area (Å²) in [6, 6.07) is 3.90. The Morgan fingerprint density at radius 2 is 1.96 bits per heavy atom. The molecule has 0 N–H and O–H groups in total. The molecular weight excluding hydrogens is 306 g/mol. The van der Waals surface area contributed by atoms with E-state index in [-0.39, 0.29) is 0 Å². The van der Waals surface area contributed by atoms with Crippen LogP contribution in [0.4, 0.5) is 0 Å². The van der Waals surface area contributed by atoms with E-state index in [1.807, 2.05) is 24.5 Å². The van der Waals surface area contributed by atoms with Crippen LogP contribution in [0.5, 0.6) is 5.75 Å². The summed E-state index contributed by atoms with van der Waals surface area (Å²) in [5, 5.41) is 4.38. The van der Waals surface area contributed by atoms with Crippen LogP contribution in [0.3, 0.4) is 0 Å². The van der Waals surface area contributed by atoms with Gasteiger partial charge < -0.3 is 9.47 Å². The monoisotopic (exact) mass is 325 g/mol. The SMILES string of the molecule is c1cc(-c2cnn3cc(OCCN4CCOCC4)cnc23)ccn1. The van der Waals surface area contributed by atoms with E-state index < -0.39 is 0 Å². The average Bonchev–Trinajstić information content (AvgIpc) is 3.07. The third-order valence-electron chi connectivity index (χ3n) is 4.10. The Labute approximate surface area is 139 Å². The largest absolute Gasteiger partial charge is 0.489 e. The molecule has 1 aliphatic rings. The summed E-state index contributed by atoms with van der Waals surface area (Å²) in [5.74, 6) is 0.722. The summed E-state index contributed by atoms with van der Waals surface area (Å²) in [4.78, 5) is 10.9. The van der Waals surface area contributed by atoms with Gasteiger partial charge in [-0.15, -0.1) is 0 Å². The van der Waals surface area contributed by atoms with Crippen LogP contribution in [0.2, 0.25) is 0 Å². The quantitative estimate of drug-likeness (QED) is 0.708. The first-order valence-electron chi connectivity index (χ1n) is 8.07. The fourth-order valence-electron chi connectivity index (χ4n) is 2.78. The van der Waals surface area contributed by atoms with Crippen molar-refractivity contribution in [3.63, 3.8) is 0 Å². The van der Waals surface area contributed by atoms with E-state index in [4.69, 9.17) is 9.47 Å². The first kappa shape index (κ1) is 15.0. The van der Waals surface area contributed by atoms with Crippen molar-refractivity contribution < 1.29 is 9.47 Å². The van der Waals surface area contributed by atoms with Crippen molar-refractivity contribution in [2.75, 3.05) is 39.5 Å². The summed E-state index contributed by atoms with van der Waals surface area (Å²) in [6.07, 6.45) is 8.96. The maximum absolute atomic E-state index is 5.82. The second-order valence-corrected chi connectivity index (χ2v) is 5.65. The third-order valence-corrected chi connectivity index (χ3v) is 4.10. The second-order valence-electron chi connectivity index (χ2n) is 5.65. The zero-order valence-electron chi connectivity index (χ0n) is 13.3. The standard InChI is InChI=1S/C17H19N5O2/c1-3-18-4-2-14(1)16-12-20-22-13-15(11-19-17(16)22)24-10-7-21-5-8-23-9-6-21/h1-4,11-13H,5-10H2. The highest BCUT2D eigenvalue weighted by Crippen LogP contribution is 2.23. The van der Waals surface area contributed by atoms with Crippen LogP contribution in [-0.4, -0.2) is 63.9 Å². The molecule has 0 aromatic carbocycles. The molecule has 124 valence electrons. The number of pyridine rings is 1. The maximum Gasteiger partial charge on any atom is 0.163 e. The van der Waals surface area contributed by atoms with Gasteiger partial charge >= 0.3 is 0 Å². The molecule has 4 rings (SSSR count). The van der Waals surface area contributed by atoms with E-state index in [1.165, 1.54) is 0 Å². The molecule has 1 aliphatic heterocycles. The lowest BCUT2D eigenvalue weighted by atomic mass is 10.1.